The zero-order chi connectivity index (χ0) is 17.8. The number of hydrogen-bond acceptors (Lipinski definition) is 4. The van der Waals surface area contributed by atoms with Crippen molar-refractivity contribution in [3.05, 3.63) is 87.8 Å². The quantitative estimate of drug-likeness (QED) is 0.410. The number of fused-ring (bicyclic) bond motifs is 4. The topological polar surface area (TPSA) is 79.5 Å². The predicted molar refractivity (Wildman–Crippen MR) is 97.4 cm³/mol. The number of carbonyl (C=O) groups is 1. The van der Waals surface area contributed by atoms with Crippen LogP contribution in [0, 0.1) is 0 Å². The molecule has 5 nitrogen and oxygen atoms in total. The second-order valence-corrected chi connectivity index (χ2v) is 6.31. The van der Waals surface area contributed by atoms with Crippen LogP contribution in [-0.2, 0) is 0 Å². The van der Waals surface area contributed by atoms with Crippen LogP contribution in [0.4, 0.5) is 0 Å². The fourth-order valence-electron chi connectivity index (χ4n) is 3.65. The first-order valence-electron chi connectivity index (χ1n) is 8.22. The summed E-state index contributed by atoms with van der Waals surface area (Å²) < 4.78 is 5.58. The van der Waals surface area contributed by atoms with Crippen LogP contribution < -0.4 is 10.9 Å². The van der Waals surface area contributed by atoms with Crippen molar-refractivity contribution in [2.45, 2.75) is 6.04 Å². The van der Waals surface area contributed by atoms with E-state index in [1.165, 1.54) is 0 Å². The van der Waals surface area contributed by atoms with Gasteiger partial charge in [0.25, 0.3) is 5.91 Å². The molecule has 0 bridgehead atoms. The highest BCUT2D eigenvalue weighted by molar-refractivity contribution is 6.06. The van der Waals surface area contributed by atoms with Gasteiger partial charge in [0.1, 0.15) is 16.9 Å². The Kier molecular flexibility index (Phi) is 2.94. The van der Waals surface area contributed by atoms with Gasteiger partial charge in [-0.25, -0.2) is 4.79 Å². The number of nitrogens with one attached hydrogen (secondary N) is 1. The van der Waals surface area contributed by atoms with Crippen LogP contribution in [0.5, 0.6) is 5.75 Å². The van der Waals surface area contributed by atoms with E-state index in [2.05, 4.69) is 5.32 Å². The van der Waals surface area contributed by atoms with Crippen molar-refractivity contribution in [2.75, 3.05) is 0 Å². The van der Waals surface area contributed by atoms with E-state index in [1.54, 1.807) is 30.3 Å². The van der Waals surface area contributed by atoms with E-state index in [1.807, 2.05) is 30.3 Å². The Morgan fingerprint density at radius 2 is 1.65 bits per heavy atom. The largest absolute Gasteiger partial charge is 0.507 e. The molecule has 1 aliphatic rings. The maximum atomic E-state index is 12.7. The molecule has 2 heterocycles. The van der Waals surface area contributed by atoms with Gasteiger partial charge in [-0.1, -0.05) is 48.5 Å². The maximum absolute atomic E-state index is 12.7. The second-order valence-electron chi connectivity index (χ2n) is 6.31. The van der Waals surface area contributed by atoms with Gasteiger partial charge in [-0.3, -0.25) is 4.79 Å². The number of aromatic hydroxyl groups is 1. The van der Waals surface area contributed by atoms with Crippen molar-refractivity contribution in [3.8, 4) is 5.75 Å². The first-order chi connectivity index (χ1) is 12.6. The molecule has 1 atom stereocenters. The zero-order valence-electron chi connectivity index (χ0n) is 13.5. The molecule has 126 valence electrons. The molecule has 3 aromatic carbocycles. The van der Waals surface area contributed by atoms with Gasteiger partial charge in [0.15, 0.2) is 0 Å². The summed E-state index contributed by atoms with van der Waals surface area (Å²) in [7, 11) is 0. The number of hydrogen-bond donors (Lipinski definition) is 2. The average Bonchev–Trinajstić information content (AvgIpc) is 2.98. The summed E-state index contributed by atoms with van der Waals surface area (Å²) >= 11 is 0. The van der Waals surface area contributed by atoms with Crippen molar-refractivity contribution in [3.63, 3.8) is 0 Å². The Bertz CT molecular complexity index is 1270. The third kappa shape index (κ3) is 1.91. The van der Waals surface area contributed by atoms with Crippen molar-refractivity contribution in [1.29, 1.82) is 0 Å². The van der Waals surface area contributed by atoms with Crippen molar-refractivity contribution in [2.24, 2.45) is 0 Å². The third-order valence-electron chi connectivity index (χ3n) is 4.89. The predicted octanol–water partition coefficient (Wildman–Crippen LogP) is 3.48. The Morgan fingerprint density at radius 3 is 2.54 bits per heavy atom. The lowest BCUT2D eigenvalue weighted by Gasteiger charge is -2.14. The van der Waals surface area contributed by atoms with Crippen LogP contribution >= 0.6 is 0 Å². The first-order valence-corrected chi connectivity index (χ1v) is 8.22. The van der Waals surface area contributed by atoms with Crippen LogP contribution in [0.2, 0.25) is 0 Å². The van der Waals surface area contributed by atoms with Crippen LogP contribution in [0.1, 0.15) is 27.5 Å². The van der Waals surface area contributed by atoms with Crippen molar-refractivity contribution in [1.82, 2.24) is 5.32 Å². The standard InChI is InChI=1S/C21H13NO4/c23-18-15-10-9-11-5-1-2-6-12(11)19(15)26-21(25)16(18)17-13-7-3-4-8-14(13)20(24)22-17/h1-10,17,23H,(H,22,24). The fourth-order valence-corrected chi connectivity index (χ4v) is 3.65. The molecular formula is C21H13NO4. The van der Waals surface area contributed by atoms with E-state index in [9.17, 15) is 14.7 Å². The third-order valence-corrected chi connectivity index (χ3v) is 4.89. The molecule has 4 aromatic rings. The smallest absolute Gasteiger partial charge is 0.345 e. The molecule has 5 rings (SSSR count). The van der Waals surface area contributed by atoms with E-state index in [0.717, 1.165) is 10.8 Å². The molecule has 1 aromatic heterocycles. The van der Waals surface area contributed by atoms with E-state index in [0.29, 0.717) is 22.1 Å². The van der Waals surface area contributed by atoms with Crippen LogP contribution in [0.15, 0.2) is 69.9 Å². The highest BCUT2D eigenvalue weighted by Crippen LogP contribution is 2.38. The lowest BCUT2D eigenvalue weighted by atomic mass is 9.97. The molecule has 0 radical (unpaired) electrons. The summed E-state index contributed by atoms with van der Waals surface area (Å²) in [5, 5.41) is 15.7. The zero-order valence-corrected chi connectivity index (χ0v) is 13.5. The molecule has 1 aliphatic heterocycles. The van der Waals surface area contributed by atoms with Gasteiger partial charge in [0.2, 0.25) is 0 Å². The SMILES string of the molecule is O=C1NC(c2c(O)c3ccc4ccccc4c3oc2=O)c2ccccc21. The van der Waals surface area contributed by atoms with E-state index < -0.39 is 11.7 Å². The number of amides is 1. The van der Waals surface area contributed by atoms with Gasteiger partial charge in [0, 0.05) is 10.9 Å². The van der Waals surface area contributed by atoms with Gasteiger partial charge in [-0.15, -0.1) is 0 Å². The average molecular weight is 343 g/mol. The molecule has 5 heteroatoms. The number of rotatable bonds is 1. The molecule has 2 N–H and O–H groups in total. The molecule has 0 spiro atoms. The van der Waals surface area contributed by atoms with Crippen LogP contribution in [0.3, 0.4) is 0 Å². The monoisotopic (exact) mass is 343 g/mol. The molecule has 1 amide bonds. The fraction of sp³-hybridized carbons (Fsp3) is 0.0476. The van der Waals surface area contributed by atoms with Crippen molar-refractivity contribution < 1.29 is 14.3 Å². The highest BCUT2D eigenvalue weighted by atomic mass is 16.4. The van der Waals surface area contributed by atoms with Gasteiger partial charge in [-0.05, 0) is 23.1 Å². The van der Waals surface area contributed by atoms with Crippen LogP contribution in [0.25, 0.3) is 21.7 Å². The molecule has 0 saturated carbocycles. The van der Waals surface area contributed by atoms with Gasteiger partial charge < -0.3 is 14.8 Å². The second kappa shape index (κ2) is 5.20. The minimum Gasteiger partial charge on any atom is -0.507 e. The molecule has 0 aliphatic carbocycles. The van der Waals surface area contributed by atoms with E-state index >= 15 is 0 Å². The number of carbonyl (C=O) groups excluding carboxylic acids is 1. The Labute approximate surface area is 147 Å². The molecule has 26 heavy (non-hydrogen) atoms. The van der Waals surface area contributed by atoms with Crippen LogP contribution in [-0.4, -0.2) is 11.0 Å². The molecule has 0 fully saturated rings. The minimum absolute atomic E-state index is 0.0473. The highest BCUT2D eigenvalue weighted by Gasteiger charge is 2.34. The van der Waals surface area contributed by atoms with Gasteiger partial charge in [0.05, 0.1) is 11.4 Å². The summed E-state index contributed by atoms with van der Waals surface area (Å²) in [6.45, 7) is 0. The summed E-state index contributed by atoms with van der Waals surface area (Å²) in [5.74, 6) is -0.438. The van der Waals surface area contributed by atoms with Gasteiger partial charge in [-0.2, -0.15) is 0 Å². The normalized spacial score (nSPS) is 16.0. The lowest BCUT2D eigenvalue weighted by Crippen LogP contribution is -2.24. The molecule has 0 saturated heterocycles. The molecular weight excluding hydrogens is 330 g/mol. The molecule has 1 unspecified atom stereocenters. The Balaban J connectivity index is 1.82. The minimum atomic E-state index is -0.731. The summed E-state index contributed by atoms with van der Waals surface area (Å²) in [6, 6.07) is 17.4. The maximum Gasteiger partial charge on any atom is 0.345 e. The van der Waals surface area contributed by atoms with Gasteiger partial charge >= 0.3 is 5.63 Å². The Hall–Kier alpha value is -3.60. The van der Waals surface area contributed by atoms with E-state index in [-0.39, 0.29) is 17.2 Å². The lowest BCUT2D eigenvalue weighted by molar-refractivity contribution is 0.0960. The summed E-state index contributed by atoms with van der Waals surface area (Å²) in [4.78, 5) is 24.9. The first kappa shape index (κ1) is 14.7. The summed E-state index contributed by atoms with van der Waals surface area (Å²) in [5.41, 5.74) is 0.876. The van der Waals surface area contributed by atoms with Crippen molar-refractivity contribution >= 4 is 27.6 Å². The number of benzene rings is 3. The Morgan fingerprint density at radius 1 is 0.885 bits per heavy atom. The van der Waals surface area contributed by atoms with E-state index in [4.69, 9.17) is 4.42 Å². The summed E-state index contributed by atoms with van der Waals surface area (Å²) in [6.07, 6.45) is 0.